The molecule has 0 aliphatic carbocycles. The molecule has 0 spiro atoms. The molecule has 9 heteroatoms. The van der Waals surface area contributed by atoms with Gasteiger partial charge in [0, 0.05) is 6.07 Å². The van der Waals surface area contributed by atoms with Crippen molar-refractivity contribution in [2.45, 2.75) is 6.54 Å². The van der Waals surface area contributed by atoms with Crippen molar-refractivity contribution < 1.29 is 17.6 Å². The number of nitroso groups, excluding NO2 is 1. The minimum Gasteiger partial charge on any atom is -0.464 e. The molecule has 0 aliphatic heterocycles. The summed E-state index contributed by atoms with van der Waals surface area (Å²) in [6.45, 7) is -0.323. The average molecular weight is 374 g/mol. The second-order valence-corrected chi connectivity index (χ2v) is 7.26. The highest BCUT2D eigenvalue weighted by Gasteiger charge is 2.16. The van der Waals surface area contributed by atoms with Crippen molar-refractivity contribution in [2.75, 3.05) is 11.0 Å². The number of nitrogens with zero attached hydrogens (tertiary/aromatic N) is 1. The van der Waals surface area contributed by atoms with Crippen LogP contribution in [0, 0.1) is 4.91 Å². The van der Waals surface area contributed by atoms with Crippen LogP contribution in [0.15, 0.2) is 63.1 Å². The minimum absolute atomic E-state index is 0.0991. The van der Waals surface area contributed by atoms with Crippen LogP contribution in [0.3, 0.4) is 0 Å². The van der Waals surface area contributed by atoms with E-state index < -0.39 is 15.5 Å². The molecule has 0 saturated carbocycles. The standard InChI is InChI=1S/C17H14N2O6S/c1-26(22,23)19-14-8-15-13(17(20)11(9-18-21)10-24-15)7-16(14)25-12-5-3-2-4-6-12/h2-8,10,19H,9H2,1H3. The summed E-state index contributed by atoms with van der Waals surface area (Å²) >= 11 is 0. The smallest absolute Gasteiger partial charge is 0.229 e. The molecule has 0 radical (unpaired) electrons. The van der Waals surface area contributed by atoms with Crippen molar-refractivity contribution in [3.63, 3.8) is 0 Å². The van der Waals surface area contributed by atoms with Gasteiger partial charge in [0.15, 0.2) is 11.2 Å². The molecule has 1 heterocycles. The van der Waals surface area contributed by atoms with Gasteiger partial charge in [0.05, 0.1) is 22.9 Å². The third-order valence-electron chi connectivity index (χ3n) is 3.45. The number of rotatable bonds is 6. The van der Waals surface area contributed by atoms with Gasteiger partial charge in [-0.25, -0.2) is 8.42 Å². The molecule has 2 aromatic carbocycles. The molecule has 0 bridgehead atoms. The molecule has 1 aromatic heterocycles. The Labute approximate surface area is 148 Å². The van der Waals surface area contributed by atoms with Crippen LogP contribution in [0.25, 0.3) is 11.0 Å². The normalized spacial score (nSPS) is 11.3. The Morgan fingerprint density at radius 3 is 2.58 bits per heavy atom. The number of hydrogen-bond donors (Lipinski definition) is 1. The highest BCUT2D eigenvalue weighted by molar-refractivity contribution is 7.92. The largest absolute Gasteiger partial charge is 0.464 e. The van der Waals surface area contributed by atoms with Crippen LogP contribution >= 0.6 is 0 Å². The van der Waals surface area contributed by atoms with Crippen LogP contribution in [-0.4, -0.2) is 14.7 Å². The first kappa shape index (κ1) is 17.6. The maximum Gasteiger partial charge on any atom is 0.229 e. The van der Waals surface area contributed by atoms with E-state index in [4.69, 9.17) is 9.15 Å². The quantitative estimate of drug-likeness (QED) is 0.662. The topological polar surface area (TPSA) is 115 Å². The number of fused-ring (bicyclic) bond motifs is 1. The molecular formula is C17H14N2O6S. The maximum atomic E-state index is 12.5. The van der Waals surface area contributed by atoms with Gasteiger partial charge in [0.2, 0.25) is 10.0 Å². The Morgan fingerprint density at radius 2 is 1.92 bits per heavy atom. The van der Waals surface area contributed by atoms with E-state index in [2.05, 4.69) is 9.90 Å². The van der Waals surface area contributed by atoms with Crippen molar-refractivity contribution >= 4 is 26.7 Å². The summed E-state index contributed by atoms with van der Waals surface area (Å²) in [7, 11) is -3.59. The zero-order valence-corrected chi connectivity index (χ0v) is 14.4. The predicted molar refractivity (Wildman–Crippen MR) is 97.0 cm³/mol. The van der Waals surface area contributed by atoms with Crippen LogP contribution in [-0.2, 0) is 16.6 Å². The van der Waals surface area contributed by atoms with Crippen LogP contribution in [0.4, 0.5) is 5.69 Å². The van der Waals surface area contributed by atoms with Crippen molar-refractivity contribution in [2.24, 2.45) is 5.18 Å². The molecule has 0 fully saturated rings. The number of sulfonamides is 1. The fraction of sp³-hybridized carbons (Fsp3) is 0.118. The summed E-state index contributed by atoms with van der Waals surface area (Å²) < 4.78 is 36.7. The van der Waals surface area contributed by atoms with Crippen molar-refractivity contribution in [1.29, 1.82) is 0 Å². The summed E-state index contributed by atoms with van der Waals surface area (Å²) in [5, 5.41) is 2.85. The Morgan fingerprint density at radius 1 is 1.19 bits per heavy atom. The van der Waals surface area contributed by atoms with Gasteiger partial charge in [-0.05, 0) is 18.2 Å². The number of hydrogen-bond acceptors (Lipinski definition) is 7. The van der Waals surface area contributed by atoms with Gasteiger partial charge >= 0.3 is 0 Å². The molecular weight excluding hydrogens is 360 g/mol. The average Bonchev–Trinajstić information content (AvgIpc) is 2.58. The zero-order chi connectivity index (χ0) is 18.7. The summed E-state index contributed by atoms with van der Waals surface area (Å²) in [5.74, 6) is 0.580. The van der Waals surface area contributed by atoms with Crippen LogP contribution < -0.4 is 14.9 Å². The van der Waals surface area contributed by atoms with Crippen LogP contribution in [0.1, 0.15) is 5.56 Å². The molecule has 0 aliphatic rings. The lowest BCUT2D eigenvalue weighted by Gasteiger charge is -2.13. The molecule has 134 valence electrons. The Bertz CT molecular complexity index is 1120. The third-order valence-corrected chi connectivity index (χ3v) is 4.04. The van der Waals surface area contributed by atoms with Gasteiger partial charge in [-0.15, -0.1) is 0 Å². The van der Waals surface area contributed by atoms with E-state index in [0.29, 0.717) is 5.75 Å². The van der Waals surface area contributed by atoms with E-state index in [1.165, 1.54) is 12.1 Å². The number of anilines is 1. The highest BCUT2D eigenvalue weighted by Crippen LogP contribution is 2.33. The van der Waals surface area contributed by atoms with Gasteiger partial charge in [0.25, 0.3) is 0 Å². The van der Waals surface area contributed by atoms with Gasteiger partial charge < -0.3 is 9.15 Å². The first-order chi connectivity index (χ1) is 12.4. The predicted octanol–water partition coefficient (Wildman–Crippen LogP) is 3.22. The van der Waals surface area contributed by atoms with Gasteiger partial charge in [-0.1, -0.05) is 23.4 Å². The molecule has 3 aromatic rings. The molecule has 0 saturated heterocycles. The van der Waals surface area contributed by atoms with E-state index in [9.17, 15) is 18.1 Å². The highest BCUT2D eigenvalue weighted by atomic mass is 32.2. The Kier molecular flexibility index (Phi) is 4.72. The van der Waals surface area contributed by atoms with Crippen molar-refractivity contribution in [3.05, 3.63) is 69.4 Å². The van der Waals surface area contributed by atoms with Crippen molar-refractivity contribution in [1.82, 2.24) is 0 Å². The molecule has 1 N–H and O–H groups in total. The fourth-order valence-electron chi connectivity index (χ4n) is 2.35. The fourth-order valence-corrected chi connectivity index (χ4v) is 2.91. The lowest BCUT2D eigenvalue weighted by Crippen LogP contribution is -2.12. The van der Waals surface area contributed by atoms with E-state index in [-0.39, 0.29) is 34.5 Å². The third kappa shape index (κ3) is 3.89. The summed E-state index contributed by atoms with van der Waals surface area (Å²) in [6, 6.07) is 11.4. The second-order valence-electron chi connectivity index (χ2n) is 5.51. The SMILES string of the molecule is CS(=O)(=O)Nc1cc2occ(CN=O)c(=O)c2cc1Oc1ccccc1. The zero-order valence-electron chi connectivity index (χ0n) is 13.6. The van der Waals surface area contributed by atoms with E-state index in [0.717, 1.165) is 12.5 Å². The Hall–Kier alpha value is -3.20. The van der Waals surface area contributed by atoms with E-state index in [1.54, 1.807) is 30.3 Å². The maximum absolute atomic E-state index is 12.5. The van der Waals surface area contributed by atoms with Crippen molar-refractivity contribution in [3.8, 4) is 11.5 Å². The second kappa shape index (κ2) is 6.96. The van der Waals surface area contributed by atoms with Crippen LogP contribution in [0.5, 0.6) is 11.5 Å². The molecule has 26 heavy (non-hydrogen) atoms. The van der Waals surface area contributed by atoms with Gasteiger partial charge in [-0.2, -0.15) is 4.91 Å². The summed E-state index contributed by atoms with van der Waals surface area (Å²) in [5.41, 5.74) is -0.0684. The van der Waals surface area contributed by atoms with Gasteiger partial charge in [0.1, 0.15) is 24.1 Å². The minimum atomic E-state index is -3.59. The van der Waals surface area contributed by atoms with E-state index >= 15 is 0 Å². The molecule has 0 amide bonds. The number of para-hydroxylation sites is 1. The first-order valence-corrected chi connectivity index (χ1v) is 9.35. The number of nitrogens with one attached hydrogen (secondary N) is 1. The summed E-state index contributed by atoms with van der Waals surface area (Å²) in [6.07, 6.45) is 2.13. The Balaban J connectivity index is 2.19. The lowest BCUT2D eigenvalue weighted by atomic mass is 10.1. The van der Waals surface area contributed by atoms with Gasteiger partial charge in [-0.3, -0.25) is 9.52 Å². The number of ether oxygens (including phenoxy) is 1. The summed E-state index contributed by atoms with van der Waals surface area (Å²) in [4.78, 5) is 22.9. The van der Waals surface area contributed by atoms with Crippen LogP contribution in [0.2, 0.25) is 0 Å². The molecule has 0 unspecified atom stereocenters. The first-order valence-electron chi connectivity index (χ1n) is 7.45. The lowest BCUT2D eigenvalue weighted by molar-refractivity contribution is 0.485. The molecule has 0 atom stereocenters. The molecule has 8 nitrogen and oxygen atoms in total. The monoisotopic (exact) mass is 374 g/mol. The number of benzene rings is 2. The van der Waals surface area contributed by atoms with E-state index in [1.807, 2.05) is 0 Å². The molecule has 3 rings (SSSR count).